The Morgan fingerprint density at radius 2 is 2.04 bits per heavy atom. The van der Waals surface area contributed by atoms with Gasteiger partial charge in [0.2, 0.25) is 5.95 Å². The van der Waals surface area contributed by atoms with Crippen LogP contribution in [0.25, 0.3) is 0 Å². The lowest BCUT2D eigenvalue weighted by Gasteiger charge is -2.36. The number of piperidine rings is 1. The van der Waals surface area contributed by atoms with Gasteiger partial charge in [0.1, 0.15) is 0 Å². The Morgan fingerprint density at radius 3 is 2.78 bits per heavy atom. The minimum atomic E-state index is -0.384. The van der Waals surface area contributed by atoms with Crippen molar-refractivity contribution < 1.29 is 4.39 Å². The Kier molecular flexibility index (Phi) is 5.30. The Morgan fingerprint density at radius 1 is 1.26 bits per heavy atom. The van der Waals surface area contributed by atoms with E-state index in [0.717, 1.165) is 12.6 Å². The lowest BCUT2D eigenvalue weighted by molar-refractivity contribution is 0.129. The monoisotopic (exact) mass is 321 g/mol. The number of nitrogens with one attached hydrogen (secondary N) is 1. The van der Waals surface area contributed by atoms with Crippen molar-refractivity contribution in [1.82, 2.24) is 14.9 Å². The molecule has 1 unspecified atom stereocenters. The zero-order valence-electron chi connectivity index (χ0n) is 14.3. The van der Waals surface area contributed by atoms with Crippen molar-refractivity contribution in [1.29, 1.82) is 0 Å². The molecule has 23 heavy (non-hydrogen) atoms. The third kappa shape index (κ3) is 4.10. The molecule has 3 rings (SSSR count). The fraction of sp³-hybridized carbons (Fsp3) is 0.765. The second-order valence-corrected chi connectivity index (χ2v) is 7.08. The quantitative estimate of drug-likeness (QED) is 0.903. The lowest BCUT2D eigenvalue weighted by Crippen LogP contribution is -2.43. The van der Waals surface area contributed by atoms with Crippen LogP contribution in [0.4, 0.5) is 16.2 Å². The maximum Gasteiger partial charge on any atom is 0.224 e. The summed E-state index contributed by atoms with van der Waals surface area (Å²) in [5, 5.41) is 3.31. The zero-order valence-corrected chi connectivity index (χ0v) is 14.3. The van der Waals surface area contributed by atoms with Gasteiger partial charge in [-0.3, -0.25) is 0 Å². The van der Waals surface area contributed by atoms with E-state index in [1.54, 1.807) is 19.0 Å². The topological polar surface area (TPSA) is 44.3 Å². The molecule has 128 valence electrons. The SMILES string of the molecule is CN(C)c1nc(NCC2CCCN(C3CCCC3)C2)ncc1F. The van der Waals surface area contributed by atoms with Gasteiger partial charge in [0, 0.05) is 33.2 Å². The van der Waals surface area contributed by atoms with Gasteiger partial charge in [-0.15, -0.1) is 0 Å². The minimum absolute atomic E-state index is 0.332. The highest BCUT2D eigenvalue weighted by Gasteiger charge is 2.27. The maximum atomic E-state index is 13.6. The van der Waals surface area contributed by atoms with E-state index in [1.165, 1.54) is 57.8 Å². The number of aromatic nitrogens is 2. The van der Waals surface area contributed by atoms with E-state index in [0.29, 0.717) is 17.7 Å². The summed E-state index contributed by atoms with van der Waals surface area (Å²) in [7, 11) is 3.58. The predicted molar refractivity (Wildman–Crippen MR) is 91.4 cm³/mol. The number of nitrogens with zero attached hydrogens (tertiary/aromatic N) is 4. The molecule has 0 amide bonds. The third-order valence-electron chi connectivity index (χ3n) is 5.09. The maximum absolute atomic E-state index is 13.6. The third-order valence-corrected chi connectivity index (χ3v) is 5.09. The minimum Gasteiger partial charge on any atom is -0.360 e. The normalized spacial score (nSPS) is 23.2. The van der Waals surface area contributed by atoms with Crippen LogP contribution in [0.2, 0.25) is 0 Å². The van der Waals surface area contributed by atoms with Gasteiger partial charge in [0.25, 0.3) is 0 Å². The molecule has 1 aromatic heterocycles. The molecule has 1 atom stereocenters. The predicted octanol–water partition coefficient (Wildman–Crippen LogP) is 2.75. The van der Waals surface area contributed by atoms with Gasteiger partial charge in [0.05, 0.1) is 6.20 Å². The molecule has 1 saturated heterocycles. The first kappa shape index (κ1) is 16.4. The van der Waals surface area contributed by atoms with Crippen LogP contribution in [0, 0.1) is 11.7 Å². The highest BCUT2D eigenvalue weighted by atomic mass is 19.1. The van der Waals surface area contributed by atoms with E-state index >= 15 is 0 Å². The largest absolute Gasteiger partial charge is 0.360 e. The van der Waals surface area contributed by atoms with Crippen LogP contribution < -0.4 is 10.2 Å². The molecule has 2 fully saturated rings. The summed E-state index contributed by atoms with van der Waals surface area (Å²) in [4.78, 5) is 12.7. The number of hydrogen-bond donors (Lipinski definition) is 1. The number of hydrogen-bond acceptors (Lipinski definition) is 5. The molecule has 1 aliphatic carbocycles. The molecular weight excluding hydrogens is 293 g/mol. The Labute approximate surface area is 138 Å². The summed E-state index contributed by atoms with van der Waals surface area (Å²) in [6, 6.07) is 0.806. The molecule has 0 spiro atoms. The first-order valence-corrected chi connectivity index (χ1v) is 8.81. The van der Waals surface area contributed by atoms with Crippen LogP contribution in [0.1, 0.15) is 38.5 Å². The fourth-order valence-electron chi connectivity index (χ4n) is 3.86. The van der Waals surface area contributed by atoms with Gasteiger partial charge in [-0.05, 0) is 38.1 Å². The van der Waals surface area contributed by atoms with Crippen LogP contribution in [0.5, 0.6) is 0 Å². The van der Waals surface area contributed by atoms with Crippen LogP contribution >= 0.6 is 0 Å². The molecule has 0 radical (unpaired) electrons. The molecule has 2 aliphatic rings. The fourth-order valence-corrected chi connectivity index (χ4v) is 3.86. The average molecular weight is 321 g/mol. The van der Waals surface area contributed by atoms with Gasteiger partial charge in [0.15, 0.2) is 11.6 Å². The summed E-state index contributed by atoms with van der Waals surface area (Å²) in [6.45, 7) is 3.28. The highest BCUT2D eigenvalue weighted by molar-refractivity contribution is 5.42. The average Bonchev–Trinajstić information content (AvgIpc) is 3.08. The van der Waals surface area contributed by atoms with Crippen molar-refractivity contribution in [3.63, 3.8) is 0 Å². The zero-order chi connectivity index (χ0) is 16.2. The van der Waals surface area contributed by atoms with Crippen LogP contribution in [0.3, 0.4) is 0 Å². The molecule has 2 heterocycles. The van der Waals surface area contributed by atoms with Gasteiger partial charge >= 0.3 is 0 Å². The molecule has 1 N–H and O–H groups in total. The second kappa shape index (κ2) is 7.43. The number of likely N-dealkylation sites (tertiary alicyclic amines) is 1. The van der Waals surface area contributed by atoms with Gasteiger partial charge in [-0.1, -0.05) is 12.8 Å². The Bertz CT molecular complexity index is 516. The smallest absolute Gasteiger partial charge is 0.224 e. The summed E-state index contributed by atoms with van der Waals surface area (Å²) in [5.41, 5.74) is 0. The Hall–Kier alpha value is -1.43. The van der Waals surface area contributed by atoms with Crippen LogP contribution in [-0.4, -0.2) is 54.6 Å². The van der Waals surface area contributed by atoms with Crippen molar-refractivity contribution in [3.8, 4) is 0 Å². The molecular formula is C17H28FN5. The molecule has 0 aromatic carbocycles. The summed E-state index contributed by atoms with van der Waals surface area (Å²) in [6.07, 6.45) is 9.28. The Balaban J connectivity index is 1.54. The van der Waals surface area contributed by atoms with E-state index in [-0.39, 0.29) is 5.82 Å². The standard InChI is InChI=1S/C17H28FN5/c1-22(2)16-15(18)11-20-17(21-16)19-10-13-6-5-9-23(12-13)14-7-3-4-8-14/h11,13-14H,3-10,12H2,1-2H3,(H,19,20,21). The van der Waals surface area contributed by atoms with Crippen molar-refractivity contribution in [2.24, 2.45) is 5.92 Å². The van der Waals surface area contributed by atoms with Crippen molar-refractivity contribution in [3.05, 3.63) is 12.0 Å². The molecule has 5 nitrogen and oxygen atoms in total. The van der Waals surface area contributed by atoms with Crippen molar-refractivity contribution in [2.75, 3.05) is 43.9 Å². The second-order valence-electron chi connectivity index (χ2n) is 7.08. The molecule has 6 heteroatoms. The number of anilines is 2. The van der Waals surface area contributed by atoms with E-state index in [9.17, 15) is 4.39 Å². The van der Waals surface area contributed by atoms with Gasteiger partial charge in [-0.2, -0.15) is 4.98 Å². The van der Waals surface area contributed by atoms with Crippen LogP contribution in [-0.2, 0) is 0 Å². The van der Waals surface area contributed by atoms with E-state index in [4.69, 9.17) is 0 Å². The summed E-state index contributed by atoms with van der Waals surface area (Å²) < 4.78 is 13.6. The molecule has 1 saturated carbocycles. The summed E-state index contributed by atoms with van der Waals surface area (Å²) in [5.74, 6) is 1.10. The van der Waals surface area contributed by atoms with Crippen molar-refractivity contribution in [2.45, 2.75) is 44.6 Å². The van der Waals surface area contributed by atoms with Crippen LogP contribution in [0.15, 0.2) is 6.20 Å². The number of rotatable bonds is 5. The number of halogens is 1. The molecule has 1 aromatic rings. The lowest BCUT2D eigenvalue weighted by atomic mass is 9.96. The van der Waals surface area contributed by atoms with E-state index in [2.05, 4.69) is 20.2 Å². The van der Waals surface area contributed by atoms with Gasteiger partial charge < -0.3 is 15.1 Å². The highest BCUT2D eigenvalue weighted by Crippen LogP contribution is 2.28. The van der Waals surface area contributed by atoms with E-state index in [1.807, 2.05) is 0 Å². The summed E-state index contributed by atoms with van der Waals surface area (Å²) >= 11 is 0. The van der Waals surface area contributed by atoms with Gasteiger partial charge in [-0.25, -0.2) is 9.37 Å². The first-order valence-electron chi connectivity index (χ1n) is 8.81. The molecule has 1 aliphatic heterocycles. The van der Waals surface area contributed by atoms with Crippen molar-refractivity contribution >= 4 is 11.8 Å². The first-order chi connectivity index (χ1) is 11.1. The van der Waals surface area contributed by atoms with E-state index < -0.39 is 0 Å². The molecule has 0 bridgehead atoms.